The van der Waals surface area contributed by atoms with Crippen molar-refractivity contribution >= 4 is 40.7 Å². The Morgan fingerprint density at radius 3 is 2.30 bits per heavy atom. The predicted octanol–water partition coefficient (Wildman–Crippen LogP) is 5.04. The molecular formula is C22H19N3OS. The molecule has 0 aliphatic carbocycles. The molecule has 5 heteroatoms. The van der Waals surface area contributed by atoms with Gasteiger partial charge in [-0.25, -0.2) is 0 Å². The number of hydrogen-bond donors (Lipinski definition) is 3. The molecule has 0 atom stereocenters. The van der Waals surface area contributed by atoms with E-state index in [0.717, 1.165) is 27.0 Å². The van der Waals surface area contributed by atoms with Crippen LogP contribution in [0.4, 0.5) is 11.4 Å². The van der Waals surface area contributed by atoms with Crippen LogP contribution >= 0.6 is 12.6 Å². The molecule has 4 aromatic rings. The Hall–Kier alpha value is -3.31. The third-order valence-corrected chi connectivity index (χ3v) is 4.13. The van der Waals surface area contributed by atoms with Gasteiger partial charge in [0.1, 0.15) is 0 Å². The van der Waals surface area contributed by atoms with Crippen LogP contribution in [-0.2, 0) is 0 Å². The molecule has 0 radical (unpaired) electrons. The number of benzene rings is 3. The first-order valence-corrected chi connectivity index (χ1v) is 8.81. The fourth-order valence-electron chi connectivity index (χ4n) is 2.43. The van der Waals surface area contributed by atoms with E-state index >= 15 is 0 Å². The van der Waals surface area contributed by atoms with E-state index < -0.39 is 0 Å². The summed E-state index contributed by atoms with van der Waals surface area (Å²) in [6.45, 7) is 0. The van der Waals surface area contributed by atoms with Gasteiger partial charge in [-0.05, 0) is 60.0 Å². The second-order valence-electron chi connectivity index (χ2n) is 5.85. The highest BCUT2D eigenvalue weighted by molar-refractivity contribution is 7.80. The number of nitrogens with one attached hydrogen (secondary N) is 1. The highest BCUT2D eigenvalue weighted by Crippen LogP contribution is 2.17. The average molecular weight is 373 g/mol. The number of thiol groups is 1. The van der Waals surface area contributed by atoms with Crippen LogP contribution in [0.1, 0.15) is 10.4 Å². The van der Waals surface area contributed by atoms with Gasteiger partial charge in [0, 0.05) is 39.6 Å². The number of para-hydroxylation sites is 1. The fraction of sp³-hybridized carbons (Fsp3) is 0. The maximum atomic E-state index is 12.2. The molecule has 1 amide bonds. The third kappa shape index (κ3) is 5.33. The third-order valence-electron chi connectivity index (χ3n) is 3.83. The van der Waals surface area contributed by atoms with E-state index in [2.05, 4.69) is 22.9 Å². The molecular weight excluding hydrogens is 354 g/mol. The number of carbonyl (C=O) groups is 1. The zero-order valence-electron chi connectivity index (χ0n) is 14.5. The lowest BCUT2D eigenvalue weighted by atomic mass is 10.1. The lowest BCUT2D eigenvalue weighted by Gasteiger charge is -2.06. The second-order valence-corrected chi connectivity index (χ2v) is 6.37. The van der Waals surface area contributed by atoms with Gasteiger partial charge in [-0.3, -0.25) is 9.78 Å². The topological polar surface area (TPSA) is 68.0 Å². The van der Waals surface area contributed by atoms with E-state index in [1.807, 2.05) is 72.8 Å². The molecule has 0 unspecified atom stereocenters. The normalized spacial score (nSPS) is 9.96. The molecule has 0 aliphatic rings. The molecule has 0 fully saturated rings. The minimum Gasteiger partial charge on any atom is -0.399 e. The maximum absolute atomic E-state index is 12.2. The average Bonchev–Trinajstić information content (AvgIpc) is 2.70. The predicted molar refractivity (Wildman–Crippen MR) is 114 cm³/mol. The minimum absolute atomic E-state index is 0.129. The van der Waals surface area contributed by atoms with Crippen molar-refractivity contribution < 1.29 is 4.79 Å². The van der Waals surface area contributed by atoms with Gasteiger partial charge in [-0.15, -0.1) is 12.6 Å². The number of carbonyl (C=O) groups excluding carboxylic acids is 1. The van der Waals surface area contributed by atoms with Crippen LogP contribution in [0.25, 0.3) is 10.8 Å². The Labute approximate surface area is 163 Å². The van der Waals surface area contributed by atoms with Crippen LogP contribution in [0.15, 0.2) is 96.2 Å². The highest BCUT2D eigenvalue weighted by Gasteiger charge is 2.06. The van der Waals surface area contributed by atoms with E-state index in [9.17, 15) is 4.79 Å². The molecule has 1 aromatic heterocycles. The smallest absolute Gasteiger partial charge is 0.255 e. The minimum atomic E-state index is -0.129. The van der Waals surface area contributed by atoms with E-state index in [1.165, 1.54) is 0 Å². The molecule has 3 N–H and O–H groups in total. The van der Waals surface area contributed by atoms with Crippen molar-refractivity contribution in [2.75, 3.05) is 11.1 Å². The van der Waals surface area contributed by atoms with Crippen LogP contribution in [-0.4, -0.2) is 10.9 Å². The fourth-order valence-corrected chi connectivity index (χ4v) is 2.57. The van der Waals surface area contributed by atoms with Crippen LogP contribution in [0, 0.1) is 0 Å². The van der Waals surface area contributed by atoms with Crippen molar-refractivity contribution in [2.24, 2.45) is 0 Å². The molecule has 27 heavy (non-hydrogen) atoms. The van der Waals surface area contributed by atoms with Crippen LogP contribution in [0.2, 0.25) is 0 Å². The molecule has 4 nitrogen and oxygen atoms in total. The number of hydrogen-bond acceptors (Lipinski definition) is 4. The van der Waals surface area contributed by atoms with Gasteiger partial charge >= 0.3 is 0 Å². The summed E-state index contributed by atoms with van der Waals surface area (Å²) in [5.41, 5.74) is 7.56. The van der Waals surface area contributed by atoms with Gasteiger partial charge in [-0.1, -0.05) is 24.3 Å². The Morgan fingerprint density at radius 2 is 1.63 bits per heavy atom. The number of aromatic nitrogens is 1. The zero-order chi connectivity index (χ0) is 19.1. The molecule has 0 saturated heterocycles. The van der Waals surface area contributed by atoms with Crippen molar-refractivity contribution in [3.05, 3.63) is 96.8 Å². The number of nitrogens with zero attached hydrogens (tertiary/aromatic N) is 1. The molecule has 1 heterocycles. The van der Waals surface area contributed by atoms with Crippen LogP contribution in [0.3, 0.4) is 0 Å². The summed E-state index contributed by atoms with van der Waals surface area (Å²) < 4.78 is 0. The zero-order valence-corrected chi connectivity index (χ0v) is 15.4. The first-order valence-electron chi connectivity index (χ1n) is 8.36. The first kappa shape index (κ1) is 18.5. The van der Waals surface area contributed by atoms with Crippen molar-refractivity contribution in [1.82, 2.24) is 4.98 Å². The van der Waals surface area contributed by atoms with Gasteiger partial charge in [0.15, 0.2) is 0 Å². The largest absolute Gasteiger partial charge is 0.399 e. The number of fused-ring (bicyclic) bond motifs is 1. The van der Waals surface area contributed by atoms with Gasteiger partial charge in [0.2, 0.25) is 0 Å². The summed E-state index contributed by atoms with van der Waals surface area (Å²) in [5.74, 6) is -0.129. The Balaban J connectivity index is 0.000000253. The van der Waals surface area contributed by atoms with Gasteiger partial charge in [0.05, 0.1) is 0 Å². The summed E-state index contributed by atoms with van der Waals surface area (Å²) >= 11 is 4.21. The molecule has 0 spiro atoms. The Morgan fingerprint density at radius 1 is 0.889 bits per heavy atom. The first-order chi connectivity index (χ1) is 13.1. The Kier molecular flexibility index (Phi) is 6.07. The van der Waals surface area contributed by atoms with Crippen LogP contribution in [0.5, 0.6) is 0 Å². The monoisotopic (exact) mass is 373 g/mol. The molecule has 4 rings (SSSR count). The molecule has 3 aromatic carbocycles. The van der Waals surface area contributed by atoms with E-state index in [-0.39, 0.29) is 5.91 Å². The van der Waals surface area contributed by atoms with Crippen molar-refractivity contribution in [2.45, 2.75) is 4.90 Å². The van der Waals surface area contributed by atoms with E-state index in [1.54, 1.807) is 18.5 Å². The Bertz CT molecular complexity index is 1030. The number of nitrogens with two attached hydrogens (primary N) is 1. The van der Waals surface area contributed by atoms with Gasteiger partial charge in [0.25, 0.3) is 5.91 Å². The number of nitrogen functional groups attached to an aromatic ring is 1. The summed E-state index contributed by atoms with van der Waals surface area (Å²) in [7, 11) is 0. The summed E-state index contributed by atoms with van der Waals surface area (Å²) in [4.78, 5) is 17.1. The SMILES string of the molecule is Nc1ccccc1.O=C(Nc1ccc(S)cc1)c1ccc2cnccc2c1. The van der Waals surface area contributed by atoms with Crippen molar-refractivity contribution in [3.63, 3.8) is 0 Å². The van der Waals surface area contributed by atoms with Crippen molar-refractivity contribution in [3.8, 4) is 0 Å². The highest BCUT2D eigenvalue weighted by atomic mass is 32.1. The van der Waals surface area contributed by atoms with Crippen molar-refractivity contribution in [1.29, 1.82) is 0 Å². The molecule has 0 saturated carbocycles. The summed E-state index contributed by atoms with van der Waals surface area (Å²) in [5, 5.41) is 4.88. The van der Waals surface area contributed by atoms with Gasteiger partial charge < -0.3 is 11.1 Å². The number of pyridine rings is 1. The summed E-state index contributed by atoms with van der Waals surface area (Å²) in [6, 6.07) is 24.3. The van der Waals surface area contributed by atoms with E-state index in [0.29, 0.717) is 5.56 Å². The lowest BCUT2D eigenvalue weighted by Crippen LogP contribution is -2.11. The standard InChI is InChI=1S/C16H12N2OS.C6H7N/c19-16(18-14-3-5-15(20)6-4-14)12-1-2-13-10-17-8-7-11(13)9-12;7-6-4-2-1-3-5-6/h1-10,20H,(H,18,19);1-5H,7H2. The van der Waals surface area contributed by atoms with Crippen LogP contribution < -0.4 is 11.1 Å². The maximum Gasteiger partial charge on any atom is 0.255 e. The molecule has 0 aliphatic heterocycles. The lowest BCUT2D eigenvalue weighted by molar-refractivity contribution is 0.102. The summed E-state index contributed by atoms with van der Waals surface area (Å²) in [6.07, 6.45) is 3.50. The van der Waals surface area contributed by atoms with Gasteiger partial charge in [-0.2, -0.15) is 0 Å². The number of anilines is 2. The second kappa shape index (κ2) is 8.87. The molecule has 134 valence electrons. The quantitative estimate of drug-likeness (QED) is 0.340. The number of amides is 1. The molecule has 0 bridgehead atoms. The number of rotatable bonds is 2. The van der Waals surface area contributed by atoms with E-state index in [4.69, 9.17) is 5.73 Å².